The van der Waals surface area contributed by atoms with Crippen LogP contribution in [-0.4, -0.2) is 6.71 Å². The van der Waals surface area contributed by atoms with Crippen molar-refractivity contribution in [3.8, 4) is 11.3 Å². The van der Waals surface area contributed by atoms with E-state index in [2.05, 4.69) is 113 Å². The molecule has 0 fully saturated rings. The first kappa shape index (κ1) is 23.4. The molecule has 0 saturated carbocycles. The average molecular weight is 604 g/mol. The molecule has 47 heavy (non-hydrogen) atoms. The van der Waals surface area contributed by atoms with Crippen molar-refractivity contribution in [1.29, 1.82) is 0 Å². The maximum Gasteiger partial charge on any atom is 0.252 e. The van der Waals surface area contributed by atoms with Gasteiger partial charge in [0.15, 0.2) is 0 Å². The molecule has 0 amide bonds. The van der Waals surface area contributed by atoms with Gasteiger partial charge in [-0.1, -0.05) is 109 Å². The molecule has 0 atom stereocenters. The Hall–Kier alpha value is -6.00. The number of benzene rings is 7. The van der Waals surface area contributed by atoms with Crippen LogP contribution in [0.4, 0.5) is 34.1 Å². The highest BCUT2D eigenvalue weighted by molar-refractivity contribution is 7.00. The molecule has 220 valence electrons. The van der Waals surface area contributed by atoms with Gasteiger partial charge in [-0.2, -0.15) is 0 Å². The fourth-order valence-electron chi connectivity index (χ4n) is 7.85. The summed E-state index contributed by atoms with van der Waals surface area (Å²) in [6, 6.07) is 54.1. The first-order chi connectivity index (χ1) is 24.5. The van der Waals surface area contributed by atoms with E-state index in [1.165, 1.54) is 0 Å². The van der Waals surface area contributed by atoms with Gasteiger partial charge in [0.1, 0.15) is 11.3 Å². The lowest BCUT2D eigenvalue weighted by atomic mass is 9.33. The van der Waals surface area contributed by atoms with Crippen LogP contribution in [0.25, 0.3) is 33.1 Å². The van der Waals surface area contributed by atoms with Crippen molar-refractivity contribution in [3.63, 3.8) is 0 Å². The highest BCUT2D eigenvalue weighted by atomic mass is 16.3. The van der Waals surface area contributed by atoms with Gasteiger partial charge in [0.05, 0.1) is 5.69 Å². The van der Waals surface area contributed by atoms with Gasteiger partial charge in [0.2, 0.25) is 0 Å². The van der Waals surface area contributed by atoms with Crippen LogP contribution in [0.3, 0.4) is 0 Å². The van der Waals surface area contributed by atoms with Gasteiger partial charge in [0.25, 0.3) is 6.71 Å². The Kier molecular flexibility index (Phi) is 4.97. The molecule has 4 heteroatoms. The van der Waals surface area contributed by atoms with Crippen molar-refractivity contribution in [2.75, 3.05) is 9.80 Å². The van der Waals surface area contributed by atoms with E-state index in [0.29, 0.717) is 11.3 Å². The molecule has 7 aromatic carbocycles. The van der Waals surface area contributed by atoms with E-state index in [-0.39, 0.29) is 12.3 Å². The number of para-hydroxylation sites is 3. The van der Waals surface area contributed by atoms with Crippen molar-refractivity contribution in [3.05, 3.63) is 163 Å². The Morgan fingerprint density at radius 2 is 1.19 bits per heavy atom. The first-order valence-electron chi connectivity index (χ1n) is 17.5. The molecule has 0 spiro atoms. The van der Waals surface area contributed by atoms with E-state index in [1.807, 2.05) is 54.6 Å². The van der Waals surface area contributed by atoms with Crippen LogP contribution in [0.1, 0.15) is 9.68 Å². The fourth-order valence-corrected chi connectivity index (χ4v) is 7.85. The van der Waals surface area contributed by atoms with Crippen LogP contribution >= 0.6 is 0 Å². The largest absolute Gasteiger partial charge is 0.456 e. The highest BCUT2D eigenvalue weighted by Crippen LogP contribution is 2.47. The van der Waals surface area contributed by atoms with Gasteiger partial charge in [-0.15, -0.1) is 0 Å². The summed E-state index contributed by atoms with van der Waals surface area (Å²) in [4.78, 5) is 4.63. The predicted octanol–water partition coefficient (Wildman–Crippen LogP) is 9.64. The molecule has 0 bridgehead atoms. The van der Waals surface area contributed by atoms with Crippen LogP contribution in [0, 0.1) is 6.85 Å². The minimum atomic E-state index is -2.41. The van der Waals surface area contributed by atoms with E-state index in [9.17, 15) is 0 Å². The van der Waals surface area contributed by atoms with Crippen LogP contribution in [0.15, 0.2) is 162 Å². The van der Waals surface area contributed by atoms with Crippen LogP contribution in [-0.2, 0) is 0 Å². The van der Waals surface area contributed by atoms with Gasteiger partial charge in [-0.25, -0.2) is 0 Å². The van der Waals surface area contributed by atoms with Gasteiger partial charge in [-0.05, 0) is 88.1 Å². The number of furan rings is 1. The lowest BCUT2D eigenvalue weighted by Gasteiger charge is -2.44. The summed E-state index contributed by atoms with van der Waals surface area (Å²) in [5.74, 6) is 0.641. The number of aryl methyl sites for hydroxylation is 1. The summed E-state index contributed by atoms with van der Waals surface area (Å²) in [5, 5.41) is 2.92. The Labute approximate surface area is 278 Å². The Morgan fingerprint density at radius 1 is 0.553 bits per heavy atom. The highest BCUT2D eigenvalue weighted by Gasteiger charge is 2.44. The lowest BCUT2D eigenvalue weighted by Crippen LogP contribution is -2.61. The van der Waals surface area contributed by atoms with Crippen molar-refractivity contribution in [2.45, 2.75) is 6.85 Å². The molecule has 3 heterocycles. The third-order valence-electron chi connectivity index (χ3n) is 9.74. The summed E-state index contributed by atoms with van der Waals surface area (Å²) < 4.78 is 33.1. The predicted molar refractivity (Wildman–Crippen MR) is 198 cm³/mol. The number of hydrogen-bond acceptors (Lipinski definition) is 3. The number of anilines is 6. The first-order valence-corrected chi connectivity index (χ1v) is 16.0. The van der Waals surface area contributed by atoms with Crippen molar-refractivity contribution in [2.24, 2.45) is 0 Å². The topological polar surface area (TPSA) is 19.6 Å². The monoisotopic (exact) mass is 603 g/mol. The third kappa shape index (κ3) is 3.76. The number of hydrogen-bond donors (Lipinski definition) is 0. The molecular formula is C43H29BN2O. The molecule has 1 aromatic heterocycles. The Morgan fingerprint density at radius 3 is 2.00 bits per heavy atom. The zero-order valence-electron chi connectivity index (χ0n) is 28.4. The molecular weight excluding hydrogens is 571 g/mol. The van der Waals surface area contributed by atoms with E-state index < -0.39 is 6.85 Å². The fraction of sp³-hybridized carbons (Fsp3) is 0.0233. The smallest absolute Gasteiger partial charge is 0.252 e. The van der Waals surface area contributed by atoms with Crippen LogP contribution < -0.4 is 26.2 Å². The van der Waals surface area contributed by atoms with Crippen molar-refractivity contribution < 1.29 is 8.53 Å². The quantitative estimate of drug-likeness (QED) is 0.188. The second-order valence-corrected chi connectivity index (χ2v) is 12.3. The molecule has 0 saturated heterocycles. The zero-order valence-corrected chi connectivity index (χ0v) is 25.4. The summed E-state index contributed by atoms with van der Waals surface area (Å²) in [6.07, 6.45) is 0. The Bertz CT molecular complexity index is 2610. The molecule has 3 nitrogen and oxygen atoms in total. The van der Waals surface area contributed by atoms with E-state index in [4.69, 9.17) is 8.53 Å². The average Bonchev–Trinajstić information content (AvgIpc) is 3.60. The number of nitrogens with zero attached hydrogens (tertiary/aromatic N) is 2. The molecule has 10 rings (SSSR count). The minimum Gasteiger partial charge on any atom is -0.456 e. The van der Waals surface area contributed by atoms with Crippen LogP contribution in [0.5, 0.6) is 0 Å². The molecule has 8 aromatic rings. The molecule has 0 unspecified atom stereocenters. The Balaban J connectivity index is 1.34. The molecule has 0 aliphatic carbocycles. The zero-order chi connectivity index (χ0) is 33.6. The minimum absolute atomic E-state index is 0.214. The van der Waals surface area contributed by atoms with Gasteiger partial charge in [0, 0.05) is 43.5 Å². The molecule has 2 aliphatic rings. The molecule has 0 N–H and O–H groups in total. The summed E-state index contributed by atoms with van der Waals surface area (Å²) in [6.45, 7) is -2.63. The maximum absolute atomic E-state index is 8.80. The normalized spacial score (nSPS) is 14.3. The second-order valence-electron chi connectivity index (χ2n) is 12.3. The SMILES string of the molecule is [2H]C([2H])([2H])c1cc2c(c3cc(-c4cccc5ccccc45)oc13)N(c1ccccc1)c1cccc3c1B2c1ccccc1N3c1ccccc1. The standard InChI is InChI=1S/C43H29BN2O/c1-28-26-36-42(34-27-40(47-43(28)34)33-21-12-15-29-14-8-9-20-32(29)33)46(31-18-6-3-7-19-31)39-25-13-24-38-41(39)44(36)35-22-10-11-23-37(35)45(38)30-16-4-2-5-17-30/h2-27H,1H3/i1D3. The van der Waals surface area contributed by atoms with Crippen LogP contribution in [0.2, 0.25) is 0 Å². The van der Waals surface area contributed by atoms with Gasteiger partial charge < -0.3 is 14.2 Å². The van der Waals surface area contributed by atoms with E-state index in [0.717, 1.165) is 72.2 Å². The third-order valence-corrected chi connectivity index (χ3v) is 9.74. The van der Waals surface area contributed by atoms with E-state index >= 15 is 0 Å². The maximum atomic E-state index is 8.80. The summed E-state index contributed by atoms with van der Waals surface area (Å²) in [5.41, 5.74) is 10.9. The molecule has 2 aliphatic heterocycles. The summed E-state index contributed by atoms with van der Waals surface area (Å²) >= 11 is 0. The number of fused-ring (bicyclic) bond motifs is 7. The summed E-state index contributed by atoms with van der Waals surface area (Å²) in [7, 11) is 0. The van der Waals surface area contributed by atoms with Gasteiger partial charge >= 0.3 is 0 Å². The second kappa shape index (κ2) is 10.0. The number of rotatable bonds is 3. The van der Waals surface area contributed by atoms with E-state index in [1.54, 1.807) is 0 Å². The molecule has 0 radical (unpaired) electrons. The van der Waals surface area contributed by atoms with Crippen molar-refractivity contribution in [1.82, 2.24) is 0 Å². The van der Waals surface area contributed by atoms with Crippen molar-refractivity contribution >= 4 is 79.0 Å². The van der Waals surface area contributed by atoms with Gasteiger partial charge in [-0.3, -0.25) is 0 Å². The lowest BCUT2D eigenvalue weighted by molar-refractivity contribution is 0.629.